The summed E-state index contributed by atoms with van der Waals surface area (Å²) in [4.78, 5) is 14.6. The lowest BCUT2D eigenvalue weighted by atomic mass is 9.94. The van der Waals surface area contributed by atoms with Gasteiger partial charge in [0.15, 0.2) is 0 Å². The van der Waals surface area contributed by atoms with Crippen LogP contribution in [0, 0.1) is 0 Å². The molecule has 5 nitrogen and oxygen atoms in total. The Labute approximate surface area is 174 Å². The van der Waals surface area contributed by atoms with Crippen LogP contribution in [0.1, 0.15) is 52.5 Å². The topological polar surface area (TPSA) is 48.0 Å². The van der Waals surface area contributed by atoms with Gasteiger partial charge in [0.2, 0.25) is 0 Å². The largest absolute Gasteiger partial charge is 0.444 e. The van der Waals surface area contributed by atoms with E-state index in [2.05, 4.69) is 0 Å². The van der Waals surface area contributed by atoms with Crippen molar-refractivity contribution in [1.29, 1.82) is 0 Å². The summed E-state index contributed by atoms with van der Waals surface area (Å²) in [5, 5.41) is 0.715. The predicted octanol–water partition coefficient (Wildman–Crippen LogP) is 5.09. The molecule has 1 aromatic rings. The van der Waals surface area contributed by atoms with Gasteiger partial charge in [0, 0.05) is 37.4 Å². The Morgan fingerprint density at radius 1 is 1.21 bits per heavy atom. The second-order valence-electron chi connectivity index (χ2n) is 8.23. The smallest absolute Gasteiger partial charge is 0.410 e. The van der Waals surface area contributed by atoms with E-state index in [0.29, 0.717) is 18.2 Å². The zero-order valence-corrected chi connectivity index (χ0v) is 18.3. The number of nitrogens with zero attached hydrogens (tertiary/aromatic N) is 1. The molecular weight excluding hydrogens is 378 g/mol. The van der Waals surface area contributed by atoms with Crippen molar-refractivity contribution in [3.8, 4) is 0 Å². The summed E-state index contributed by atoms with van der Waals surface area (Å²) in [6.45, 7) is 10.5. The Morgan fingerprint density at radius 3 is 2.57 bits per heavy atom. The summed E-state index contributed by atoms with van der Waals surface area (Å²) in [5.74, 6) is 0. The zero-order chi connectivity index (χ0) is 20.6. The minimum Gasteiger partial charge on any atom is -0.444 e. The molecule has 1 amide bonds. The van der Waals surface area contributed by atoms with E-state index in [9.17, 15) is 4.79 Å². The first kappa shape index (κ1) is 23.0. The van der Waals surface area contributed by atoms with Crippen molar-refractivity contribution in [2.75, 3.05) is 26.4 Å². The van der Waals surface area contributed by atoms with Gasteiger partial charge in [0.05, 0.1) is 6.10 Å². The molecule has 2 atom stereocenters. The molecule has 158 valence electrons. The van der Waals surface area contributed by atoms with Gasteiger partial charge >= 0.3 is 6.09 Å². The van der Waals surface area contributed by atoms with E-state index >= 15 is 0 Å². The fourth-order valence-electron chi connectivity index (χ4n) is 3.37. The summed E-state index contributed by atoms with van der Waals surface area (Å²) in [6.07, 6.45) is 3.18. The number of likely N-dealkylation sites (tertiary alicyclic amines) is 1. The lowest BCUT2D eigenvalue weighted by Crippen LogP contribution is -2.50. The Bertz CT molecular complexity index is 600. The highest BCUT2D eigenvalue weighted by Gasteiger charge is 2.34. The van der Waals surface area contributed by atoms with Crippen LogP contribution in [0.3, 0.4) is 0 Å². The van der Waals surface area contributed by atoms with Crippen molar-refractivity contribution in [3.05, 3.63) is 34.9 Å². The number of piperidine rings is 1. The standard InChI is InChI=1S/C22H34ClNO4/c1-5-26-13-6-14-27-20-11-12-24(21(25)28-22(2,3)4)19(16-20)15-17-7-9-18(23)10-8-17/h7-10,19-20H,5-6,11-16H2,1-4H3/t19?,20-/m1/s1. The summed E-state index contributed by atoms with van der Waals surface area (Å²) in [6, 6.07) is 7.85. The minimum absolute atomic E-state index is 0.0432. The van der Waals surface area contributed by atoms with Gasteiger partial charge in [-0.25, -0.2) is 4.79 Å². The van der Waals surface area contributed by atoms with Crippen molar-refractivity contribution >= 4 is 17.7 Å². The number of halogens is 1. The Balaban J connectivity index is 1.99. The van der Waals surface area contributed by atoms with E-state index in [1.54, 1.807) is 0 Å². The first-order valence-electron chi connectivity index (χ1n) is 10.2. The van der Waals surface area contributed by atoms with Crippen LogP contribution in [0.4, 0.5) is 4.79 Å². The Hall–Kier alpha value is -1.30. The zero-order valence-electron chi connectivity index (χ0n) is 17.6. The molecular formula is C22H34ClNO4. The van der Waals surface area contributed by atoms with Gasteiger partial charge in [0.1, 0.15) is 5.60 Å². The van der Waals surface area contributed by atoms with E-state index in [1.807, 2.05) is 56.9 Å². The van der Waals surface area contributed by atoms with Gasteiger partial charge in [0.25, 0.3) is 0 Å². The average Bonchev–Trinajstić information content (AvgIpc) is 2.62. The summed E-state index contributed by atoms with van der Waals surface area (Å²) in [7, 11) is 0. The second-order valence-corrected chi connectivity index (χ2v) is 8.66. The van der Waals surface area contributed by atoms with Crippen LogP contribution in [-0.4, -0.2) is 55.1 Å². The normalized spacial score (nSPS) is 20.2. The van der Waals surface area contributed by atoms with Crippen LogP contribution >= 0.6 is 11.6 Å². The third-order valence-corrected chi connectivity index (χ3v) is 4.92. The number of carbonyl (C=O) groups is 1. The highest BCUT2D eigenvalue weighted by atomic mass is 35.5. The second kappa shape index (κ2) is 11.0. The molecule has 1 saturated heterocycles. The fourth-order valence-corrected chi connectivity index (χ4v) is 3.49. The molecule has 1 aliphatic heterocycles. The van der Waals surface area contributed by atoms with Crippen LogP contribution in [-0.2, 0) is 20.6 Å². The van der Waals surface area contributed by atoms with Crippen LogP contribution in [0.2, 0.25) is 5.02 Å². The highest BCUT2D eigenvalue weighted by Crippen LogP contribution is 2.26. The van der Waals surface area contributed by atoms with Crippen LogP contribution in [0.15, 0.2) is 24.3 Å². The number of ether oxygens (including phenoxy) is 3. The fraction of sp³-hybridized carbons (Fsp3) is 0.682. The quantitative estimate of drug-likeness (QED) is 0.559. The molecule has 0 radical (unpaired) electrons. The molecule has 2 rings (SSSR count). The maximum atomic E-state index is 12.7. The lowest BCUT2D eigenvalue weighted by Gasteiger charge is -2.40. The first-order chi connectivity index (χ1) is 13.3. The van der Waals surface area contributed by atoms with Crippen molar-refractivity contribution in [3.63, 3.8) is 0 Å². The molecule has 6 heteroatoms. The molecule has 0 saturated carbocycles. The molecule has 0 N–H and O–H groups in total. The molecule has 28 heavy (non-hydrogen) atoms. The van der Waals surface area contributed by atoms with Gasteiger partial charge in [-0.1, -0.05) is 23.7 Å². The maximum absolute atomic E-state index is 12.7. The van der Waals surface area contributed by atoms with Crippen LogP contribution in [0.5, 0.6) is 0 Å². The Morgan fingerprint density at radius 2 is 1.93 bits per heavy atom. The Kier molecular flexibility index (Phi) is 9.06. The van der Waals surface area contributed by atoms with E-state index < -0.39 is 5.60 Å². The monoisotopic (exact) mass is 411 g/mol. The summed E-state index contributed by atoms with van der Waals surface area (Å²) in [5.41, 5.74) is 0.647. The molecule has 1 heterocycles. The van der Waals surface area contributed by atoms with Crippen LogP contribution < -0.4 is 0 Å². The summed E-state index contributed by atoms with van der Waals surface area (Å²) < 4.78 is 17.1. The summed E-state index contributed by atoms with van der Waals surface area (Å²) >= 11 is 6.01. The third-order valence-electron chi connectivity index (χ3n) is 4.67. The lowest BCUT2D eigenvalue weighted by molar-refractivity contribution is -0.0343. The number of carbonyl (C=O) groups excluding carboxylic acids is 1. The molecule has 1 aromatic carbocycles. The average molecular weight is 412 g/mol. The molecule has 0 aromatic heterocycles. The number of hydrogen-bond acceptors (Lipinski definition) is 4. The third kappa shape index (κ3) is 7.98. The van der Waals surface area contributed by atoms with Gasteiger partial charge in [-0.3, -0.25) is 0 Å². The number of rotatable bonds is 8. The number of hydrogen-bond donors (Lipinski definition) is 0. The molecule has 1 fully saturated rings. The van der Waals surface area contributed by atoms with Gasteiger partial charge in [-0.05, 0) is 71.1 Å². The van der Waals surface area contributed by atoms with E-state index in [0.717, 1.165) is 44.5 Å². The predicted molar refractivity (Wildman–Crippen MR) is 112 cm³/mol. The van der Waals surface area contributed by atoms with Crippen LogP contribution in [0.25, 0.3) is 0 Å². The van der Waals surface area contributed by atoms with Crippen molar-refractivity contribution in [2.45, 2.75) is 71.1 Å². The molecule has 0 bridgehead atoms. The SMILES string of the molecule is CCOCCCO[C@@H]1CCN(C(=O)OC(C)(C)C)C(Cc2ccc(Cl)cc2)C1. The molecule has 0 spiro atoms. The first-order valence-corrected chi connectivity index (χ1v) is 10.6. The van der Waals surface area contributed by atoms with Crippen molar-refractivity contribution < 1.29 is 19.0 Å². The minimum atomic E-state index is -0.505. The van der Waals surface area contributed by atoms with Crippen molar-refractivity contribution in [1.82, 2.24) is 4.90 Å². The van der Waals surface area contributed by atoms with E-state index in [-0.39, 0.29) is 18.2 Å². The highest BCUT2D eigenvalue weighted by molar-refractivity contribution is 6.30. The van der Waals surface area contributed by atoms with E-state index in [4.69, 9.17) is 25.8 Å². The number of amides is 1. The van der Waals surface area contributed by atoms with Gasteiger partial charge in [-0.2, -0.15) is 0 Å². The molecule has 1 unspecified atom stereocenters. The van der Waals surface area contributed by atoms with E-state index in [1.165, 1.54) is 0 Å². The van der Waals surface area contributed by atoms with Gasteiger partial charge < -0.3 is 19.1 Å². The molecule has 0 aliphatic carbocycles. The van der Waals surface area contributed by atoms with Gasteiger partial charge in [-0.15, -0.1) is 0 Å². The number of benzene rings is 1. The molecule has 1 aliphatic rings. The van der Waals surface area contributed by atoms with Crippen molar-refractivity contribution in [2.24, 2.45) is 0 Å². The maximum Gasteiger partial charge on any atom is 0.410 e.